The van der Waals surface area contributed by atoms with Crippen molar-refractivity contribution in [1.82, 2.24) is 0 Å². The van der Waals surface area contributed by atoms with Gasteiger partial charge in [0.15, 0.2) is 23.3 Å². The van der Waals surface area contributed by atoms with Crippen LogP contribution in [-0.4, -0.2) is 18.4 Å². The predicted octanol–water partition coefficient (Wildman–Crippen LogP) is 4.69. The topological polar surface area (TPSA) is 55.4 Å². The number of carbonyl (C=O) groups excluding carboxylic acids is 2. The van der Waals surface area contributed by atoms with Gasteiger partial charge in [-0.1, -0.05) is 6.92 Å². The molecule has 0 heterocycles. The van der Waals surface area contributed by atoms with Crippen molar-refractivity contribution in [2.75, 3.05) is 11.9 Å². The average molecular weight is 413 g/mol. The van der Waals surface area contributed by atoms with E-state index in [2.05, 4.69) is 5.32 Å². The Bertz CT molecular complexity index is 989. The summed E-state index contributed by atoms with van der Waals surface area (Å²) >= 11 is 0. The van der Waals surface area contributed by atoms with Crippen LogP contribution in [0.15, 0.2) is 36.0 Å². The quantitative estimate of drug-likeness (QED) is 0.105. The summed E-state index contributed by atoms with van der Waals surface area (Å²) in [6.45, 7) is 3.04. The van der Waals surface area contributed by atoms with Gasteiger partial charge in [0.05, 0.1) is 12.2 Å². The second kappa shape index (κ2) is 9.31. The maximum atomic E-state index is 14.0. The second-order valence-corrected chi connectivity index (χ2v) is 5.75. The molecular formula is C20H16F5NO3. The Morgan fingerprint density at radius 2 is 1.69 bits per heavy atom. The number of esters is 1. The zero-order chi connectivity index (χ0) is 21.7. The molecule has 0 saturated carbocycles. The number of benzene rings is 2. The van der Waals surface area contributed by atoms with Crippen LogP contribution in [0.1, 0.15) is 29.8 Å². The zero-order valence-corrected chi connectivity index (χ0v) is 15.4. The third-order valence-electron chi connectivity index (χ3n) is 3.91. The highest BCUT2D eigenvalue weighted by molar-refractivity contribution is 6.24. The molecule has 0 spiro atoms. The normalized spacial score (nSPS) is 11.3. The number of rotatable bonds is 7. The van der Waals surface area contributed by atoms with Crippen molar-refractivity contribution in [3.63, 3.8) is 0 Å². The monoisotopic (exact) mass is 413 g/mol. The molecule has 0 fully saturated rings. The molecule has 0 atom stereocenters. The van der Waals surface area contributed by atoms with Crippen molar-refractivity contribution in [2.45, 2.75) is 20.3 Å². The third-order valence-corrected chi connectivity index (χ3v) is 3.91. The molecule has 9 heteroatoms. The highest BCUT2D eigenvalue weighted by Crippen LogP contribution is 2.23. The van der Waals surface area contributed by atoms with E-state index in [0.29, 0.717) is 17.7 Å². The van der Waals surface area contributed by atoms with E-state index >= 15 is 0 Å². The van der Waals surface area contributed by atoms with Crippen LogP contribution in [0.3, 0.4) is 0 Å². The van der Waals surface area contributed by atoms with E-state index in [1.165, 1.54) is 19.1 Å². The highest BCUT2D eigenvalue weighted by atomic mass is 19.2. The average Bonchev–Trinajstić information content (AvgIpc) is 2.70. The fraction of sp³-hybridized carbons (Fsp3) is 0.200. The summed E-state index contributed by atoms with van der Waals surface area (Å²) < 4.78 is 72.2. The molecule has 2 rings (SSSR count). The van der Waals surface area contributed by atoms with E-state index in [0.717, 1.165) is 12.3 Å². The van der Waals surface area contributed by atoms with Crippen molar-refractivity contribution < 1.29 is 36.3 Å². The number of Topliss-reactive ketones (excluding diaryl/α,β-unsaturated/α-hetero) is 1. The summed E-state index contributed by atoms with van der Waals surface area (Å²) in [5.74, 6) is -11.1. The molecule has 0 aromatic heterocycles. The molecular weight excluding hydrogens is 397 g/mol. The van der Waals surface area contributed by atoms with Gasteiger partial charge in [0.25, 0.3) is 0 Å². The number of ketones is 1. The summed E-state index contributed by atoms with van der Waals surface area (Å²) in [5.41, 5.74) is -1.14. The summed E-state index contributed by atoms with van der Waals surface area (Å²) in [5, 5.41) is 2.61. The van der Waals surface area contributed by atoms with E-state index in [4.69, 9.17) is 4.74 Å². The van der Waals surface area contributed by atoms with Gasteiger partial charge in [-0.3, -0.25) is 4.79 Å². The molecule has 0 aliphatic heterocycles. The van der Waals surface area contributed by atoms with E-state index in [-0.39, 0.29) is 12.7 Å². The molecule has 0 radical (unpaired) electrons. The third kappa shape index (κ3) is 4.79. The van der Waals surface area contributed by atoms with Crippen LogP contribution in [0.2, 0.25) is 0 Å². The summed E-state index contributed by atoms with van der Waals surface area (Å²) in [7, 11) is 0. The molecule has 1 N–H and O–H groups in total. The van der Waals surface area contributed by atoms with Gasteiger partial charge < -0.3 is 10.1 Å². The van der Waals surface area contributed by atoms with Crippen molar-refractivity contribution in [1.29, 1.82) is 0 Å². The summed E-state index contributed by atoms with van der Waals surface area (Å²) in [6, 6.07) is 3.85. The van der Waals surface area contributed by atoms with Crippen LogP contribution in [-0.2, 0) is 16.0 Å². The molecule has 0 saturated heterocycles. The highest BCUT2D eigenvalue weighted by Gasteiger charge is 2.28. The van der Waals surface area contributed by atoms with Crippen molar-refractivity contribution >= 4 is 17.4 Å². The molecule has 2 aromatic rings. The SMILES string of the molecule is CCOC(=O)/C(=C\Nc1ccc(F)cc1CC)C(=O)c1cc(F)c(F)c(F)c1F. The Labute approximate surface area is 163 Å². The van der Waals surface area contributed by atoms with Gasteiger partial charge in [-0.15, -0.1) is 0 Å². The van der Waals surface area contributed by atoms with Crippen molar-refractivity contribution in [2.24, 2.45) is 0 Å². The van der Waals surface area contributed by atoms with Crippen molar-refractivity contribution in [3.8, 4) is 0 Å². The lowest BCUT2D eigenvalue weighted by Gasteiger charge is -2.11. The lowest BCUT2D eigenvalue weighted by Crippen LogP contribution is -2.20. The number of halogens is 5. The van der Waals surface area contributed by atoms with E-state index in [1.807, 2.05) is 0 Å². The first kappa shape index (κ1) is 22.1. The molecule has 0 unspecified atom stereocenters. The fourth-order valence-electron chi connectivity index (χ4n) is 2.45. The molecule has 0 aliphatic rings. The van der Waals surface area contributed by atoms with Gasteiger partial charge in [-0.2, -0.15) is 0 Å². The zero-order valence-electron chi connectivity index (χ0n) is 15.4. The van der Waals surface area contributed by atoms with E-state index in [1.54, 1.807) is 6.92 Å². The fourth-order valence-corrected chi connectivity index (χ4v) is 2.45. The standard InChI is InChI=1S/C20H16F5NO3/c1-3-10-7-11(21)5-6-15(10)26-9-13(20(28)29-4-2)19(27)12-8-14(22)17(24)18(25)16(12)23/h5-9,26H,3-4H2,1-2H3/b13-9-. The maximum Gasteiger partial charge on any atom is 0.343 e. The smallest absolute Gasteiger partial charge is 0.343 e. The first-order valence-corrected chi connectivity index (χ1v) is 8.51. The Balaban J connectivity index is 2.50. The number of ether oxygens (including phenoxy) is 1. The Hall–Kier alpha value is -3.23. The Kier molecular flexibility index (Phi) is 7.08. The van der Waals surface area contributed by atoms with Crippen LogP contribution >= 0.6 is 0 Å². The van der Waals surface area contributed by atoms with Gasteiger partial charge in [-0.05, 0) is 43.2 Å². The molecule has 0 bridgehead atoms. The van der Waals surface area contributed by atoms with Crippen LogP contribution in [0.4, 0.5) is 27.6 Å². The van der Waals surface area contributed by atoms with Gasteiger partial charge >= 0.3 is 5.97 Å². The largest absolute Gasteiger partial charge is 0.462 e. The molecule has 2 aromatic carbocycles. The predicted molar refractivity (Wildman–Crippen MR) is 94.7 cm³/mol. The van der Waals surface area contributed by atoms with Crippen LogP contribution in [0, 0.1) is 29.1 Å². The van der Waals surface area contributed by atoms with Gasteiger partial charge in [0.1, 0.15) is 11.4 Å². The number of aryl methyl sites for hydroxylation is 1. The maximum absolute atomic E-state index is 14.0. The van der Waals surface area contributed by atoms with Crippen LogP contribution < -0.4 is 5.32 Å². The number of anilines is 1. The summed E-state index contributed by atoms with van der Waals surface area (Å²) in [6.07, 6.45) is 1.25. The van der Waals surface area contributed by atoms with Crippen LogP contribution in [0.25, 0.3) is 0 Å². The molecule has 4 nitrogen and oxygen atoms in total. The van der Waals surface area contributed by atoms with Crippen molar-refractivity contribution in [3.05, 3.63) is 76.3 Å². The second-order valence-electron chi connectivity index (χ2n) is 5.75. The minimum Gasteiger partial charge on any atom is -0.462 e. The Morgan fingerprint density at radius 1 is 1.00 bits per heavy atom. The van der Waals surface area contributed by atoms with Gasteiger partial charge in [0.2, 0.25) is 5.78 Å². The number of hydrogen-bond acceptors (Lipinski definition) is 4. The van der Waals surface area contributed by atoms with E-state index in [9.17, 15) is 31.5 Å². The van der Waals surface area contributed by atoms with Gasteiger partial charge in [-0.25, -0.2) is 26.7 Å². The molecule has 154 valence electrons. The first-order valence-electron chi connectivity index (χ1n) is 8.51. The minimum absolute atomic E-state index is 0.144. The molecule has 29 heavy (non-hydrogen) atoms. The van der Waals surface area contributed by atoms with E-state index < -0.39 is 52.0 Å². The first-order chi connectivity index (χ1) is 13.7. The number of nitrogens with one attached hydrogen (secondary N) is 1. The number of carbonyl (C=O) groups is 2. The lowest BCUT2D eigenvalue weighted by atomic mass is 10.0. The number of hydrogen-bond donors (Lipinski definition) is 1. The Morgan fingerprint density at radius 3 is 2.31 bits per heavy atom. The summed E-state index contributed by atoms with van der Waals surface area (Å²) in [4.78, 5) is 24.7. The lowest BCUT2D eigenvalue weighted by molar-refractivity contribution is -0.138. The molecule has 0 aliphatic carbocycles. The van der Waals surface area contributed by atoms with Gasteiger partial charge in [0, 0.05) is 11.9 Å². The minimum atomic E-state index is -2.18. The van der Waals surface area contributed by atoms with Crippen LogP contribution in [0.5, 0.6) is 0 Å². The molecule has 0 amide bonds.